The highest BCUT2D eigenvalue weighted by molar-refractivity contribution is 7.98. The molecule has 0 unspecified atom stereocenters. The Morgan fingerprint density at radius 2 is 2.05 bits per heavy atom. The summed E-state index contributed by atoms with van der Waals surface area (Å²) >= 11 is 1.48. The molecule has 6 heteroatoms. The highest BCUT2D eigenvalue weighted by atomic mass is 32.2. The summed E-state index contributed by atoms with van der Waals surface area (Å²) in [5.74, 6) is 0.517. The molecule has 0 radical (unpaired) electrons. The van der Waals surface area contributed by atoms with Crippen LogP contribution in [0.15, 0.2) is 17.6 Å². The monoisotopic (exact) mass is 320 g/mol. The van der Waals surface area contributed by atoms with Crippen LogP contribution in [-0.2, 0) is 0 Å². The Bertz CT molecular complexity index is 501. The molecule has 0 spiro atoms. The van der Waals surface area contributed by atoms with Crippen molar-refractivity contribution < 1.29 is 4.79 Å². The molecule has 5 nitrogen and oxygen atoms in total. The molecule has 0 bridgehead atoms. The first-order valence-corrected chi connectivity index (χ1v) is 9.37. The number of likely N-dealkylation sites (tertiary alicyclic amines) is 1. The summed E-state index contributed by atoms with van der Waals surface area (Å²) in [6, 6.07) is 0.799. The highest BCUT2D eigenvalue weighted by Crippen LogP contribution is 2.28. The molecule has 1 aromatic rings. The zero-order chi connectivity index (χ0) is 15.4. The van der Waals surface area contributed by atoms with Crippen LogP contribution in [0.25, 0.3) is 0 Å². The molecular formula is C16H24N4OS. The fourth-order valence-electron chi connectivity index (χ4n) is 3.51. The molecule has 1 aliphatic carbocycles. The number of hydrogen-bond donors (Lipinski definition) is 1. The minimum absolute atomic E-state index is 0.0630. The zero-order valence-electron chi connectivity index (χ0n) is 13.1. The Morgan fingerprint density at radius 3 is 2.73 bits per heavy atom. The second-order valence-electron chi connectivity index (χ2n) is 6.26. The molecule has 0 aromatic carbocycles. The molecule has 120 valence electrons. The maximum atomic E-state index is 12.1. The van der Waals surface area contributed by atoms with Gasteiger partial charge in [0.1, 0.15) is 0 Å². The maximum absolute atomic E-state index is 12.1. The van der Waals surface area contributed by atoms with Gasteiger partial charge in [-0.05, 0) is 38.0 Å². The van der Waals surface area contributed by atoms with E-state index < -0.39 is 0 Å². The van der Waals surface area contributed by atoms with Gasteiger partial charge in [-0.2, -0.15) is 0 Å². The number of thioether (sulfide) groups is 1. The quantitative estimate of drug-likeness (QED) is 0.666. The van der Waals surface area contributed by atoms with E-state index in [9.17, 15) is 4.79 Å². The average Bonchev–Trinajstić information content (AvgIpc) is 3.23. The van der Waals surface area contributed by atoms with Gasteiger partial charge in [0, 0.05) is 31.5 Å². The van der Waals surface area contributed by atoms with Gasteiger partial charge in [-0.1, -0.05) is 24.6 Å². The lowest BCUT2D eigenvalue weighted by atomic mass is 10.1. The summed E-state index contributed by atoms with van der Waals surface area (Å²) in [5, 5.41) is 3.73. The Hall–Kier alpha value is -1.14. The lowest BCUT2D eigenvalue weighted by molar-refractivity contribution is 0.0946. The molecule has 1 saturated carbocycles. The van der Waals surface area contributed by atoms with E-state index in [1.165, 1.54) is 50.4 Å². The van der Waals surface area contributed by atoms with Crippen LogP contribution in [0, 0.1) is 5.92 Å². The zero-order valence-corrected chi connectivity index (χ0v) is 13.9. The Morgan fingerprint density at radius 1 is 1.32 bits per heavy atom. The SMILES string of the molecule is CSc1ncc(C(=O)NC[C@H]2CCN(C3CCCC3)C2)cn1. The summed E-state index contributed by atoms with van der Waals surface area (Å²) in [4.78, 5) is 23.0. The van der Waals surface area contributed by atoms with E-state index in [1.54, 1.807) is 12.4 Å². The molecule has 22 heavy (non-hydrogen) atoms. The van der Waals surface area contributed by atoms with Crippen molar-refractivity contribution in [1.29, 1.82) is 0 Å². The predicted molar refractivity (Wildman–Crippen MR) is 88.1 cm³/mol. The van der Waals surface area contributed by atoms with E-state index in [0.717, 1.165) is 19.1 Å². The largest absolute Gasteiger partial charge is 0.352 e. The minimum Gasteiger partial charge on any atom is -0.352 e. The number of nitrogens with zero attached hydrogens (tertiary/aromatic N) is 3. The second kappa shape index (κ2) is 7.42. The Labute approximate surface area is 136 Å². The van der Waals surface area contributed by atoms with E-state index in [2.05, 4.69) is 20.2 Å². The summed E-state index contributed by atoms with van der Waals surface area (Å²) < 4.78 is 0. The van der Waals surface area contributed by atoms with Crippen LogP contribution in [0.1, 0.15) is 42.5 Å². The maximum Gasteiger partial charge on any atom is 0.254 e. The van der Waals surface area contributed by atoms with Gasteiger partial charge in [0.05, 0.1) is 5.56 Å². The fourth-order valence-corrected chi connectivity index (χ4v) is 3.82. The van der Waals surface area contributed by atoms with Crippen molar-refractivity contribution in [3.05, 3.63) is 18.0 Å². The van der Waals surface area contributed by atoms with E-state index >= 15 is 0 Å². The number of nitrogens with one attached hydrogen (secondary N) is 1. The van der Waals surface area contributed by atoms with Crippen molar-refractivity contribution in [3.8, 4) is 0 Å². The van der Waals surface area contributed by atoms with Gasteiger partial charge in [-0.25, -0.2) is 9.97 Å². The van der Waals surface area contributed by atoms with Gasteiger partial charge >= 0.3 is 0 Å². The van der Waals surface area contributed by atoms with Crippen LogP contribution in [0.3, 0.4) is 0 Å². The molecule has 1 N–H and O–H groups in total. The van der Waals surface area contributed by atoms with Gasteiger partial charge in [0.15, 0.2) is 5.16 Å². The van der Waals surface area contributed by atoms with Crippen molar-refractivity contribution in [3.63, 3.8) is 0 Å². The van der Waals surface area contributed by atoms with Crippen LogP contribution in [0.2, 0.25) is 0 Å². The number of amides is 1. The topological polar surface area (TPSA) is 58.1 Å². The highest BCUT2D eigenvalue weighted by Gasteiger charge is 2.29. The second-order valence-corrected chi connectivity index (χ2v) is 7.03. The van der Waals surface area contributed by atoms with Crippen LogP contribution in [0.5, 0.6) is 0 Å². The van der Waals surface area contributed by atoms with Gasteiger partial charge in [-0.15, -0.1) is 0 Å². The van der Waals surface area contributed by atoms with Gasteiger partial charge < -0.3 is 10.2 Å². The number of carbonyl (C=O) groups is 1. The first-order chi connectivity index (χ1) is 10.8. The van der Waals surface area contributed by atoms with E-state index in [0.29, 0.717) is 16.6 Å². The third kappa shape index (κ3) is 3.79. The molecule has 2 heterocycles. The van der Waals surface area contributed by atoms with E-state index in [-0.39, 0.29) is 5.91 Å². The van der Waals surface area contributed by atoms with Crippen LogP contribution in [0.4, 0.5) is 0 Å². The average molecular weight is 320 g/mol. The molecule has 2 fully saturated rings. The number of hydrogen-bond acceptors (Lipinski definition) is 5. The molecule has 3 rings (SSSR count). The van der Waals surface area contributed by atoms with Crippen LogP contribution >= 0.6 is 11.8 Å². The van der Waals surface area contributed by atoms with Crippen molar-refractivity contribution in [2.75, 3.05) is 25.9 Å². The Kier molecular flexibility index (Phi) is 5.31. The van der Waals surface area contributed by atoms with Gasteiger partial charge in [-0.3, -0.25) is 4.79 Å². The van der Waals surface area contributed by atoms with Crippen molar-refractivity contribution in [2.45, 2.75) is 43.3 Å². The minimum atomic E-state index is -0.0630. The standard InChI is InChI=1S/C16H24N4OS/c1-22-16-18-9-13(10-19-16)15(21)17-8-12-6-7-20(11-12)14-4-2-3-5-14/h9-10,12,14H,2-8,11H2,1H3,(H,17,21)/t12-/m1/s1. The third-order valence-electron chi connectivity index (χ3n) is 4.78. The van der Waals surface area contributed by atoms with Gasteiger partial charge in [0.2, 0.25) is 0 Å². The molecule has 1 saturated heterocycles. The number of carbonyl (C=O) groups excluding carboxylic acids is 1. The molecule has 1 aliphatic heterocycles. The lowest BCUT2D eigenvalue weighted by Crippen LogP contribution is -2.34. The first-order valence-electron chi connectivity index (χ1n) is 8.14. The van der Waals surface area contributed by atoms with Gasteiger partial charge in [0.25, 0.3) is 5.91 Å². The fraction of sp³-hybridized carbons (Fsp3) is 0.688. The number of aromatic nitrogens is 2. The molecular weight excluding hydrogens is 296 g/mol. The normalized spacial score (nSPS) is 23.0. The summed E-state index contributed by atoms with van der Waals surface area (Å²) in [6.07, 6.45) is 11.8. The van der Waals surface area contributed by atoms with Crippen LogP contribution in [-0.4, -0.2) is 52.7 Å². The molecule has 1 aromatic heterocycles. The lowest BCUT2D eigenvalue weighted by Gasteiger charge is -2.23. The van der Waals surface area contributed by atoms with E-state index in [4.69, 9.17) is 0 Å². The molecule has 2 aliphatic rings. The molecule has 1 atom stereocenters. The first kappa shape index (κ1) is 15.7. The predicted octanol–water partition coefficient (Wildman–Crippen LogP) is 2.19. The van der Waals surface area contributed by atoms with Crippen LogP contribution < -0.4 is 5.32 Å². The van der Waals surface area contributed by atoms with Crippen molar-refractivity contribution in [1.82, 2.24) is 20.2 Å². The third-order valence-corrected chi connectivity index (χ3v) is 5.36. The smallest absolute Gasteiger partial charge is 0.254 e. The summed E-state index contributed by atoms with van der Waals surface area (Å²) in [7, 11) is 0. The van der Waals surface area contributed by atoms with E-state index in [1.807, 2.05) is 6.26 Å². The summed E-state index contributed by atoms with van der Waals surface area (Å²) in [6.45, 7) is 3.08. The Balaban J connectivity index is 1.45. The van der Waals surface area contributed by atoms with Crippen molar-refractivity contribution >= 4 is 17.7 Å². The number of rotatable bonds is 5. The molecule has 1 amide bonds. The van der Waals surface area contributed by atoms with Crippen molar-refractivity contribution in [2.24, 2.45) is 5.92 Å². The summed E-state index contributed by atoms with van der Waals surface area (Å²) in [5.41, 5.74) is 0.545.